The number of hydrogen-bond donors (Lipinski definition) is 2. The van der Waals surface area contributed by atoms with Crippen LogP contribution in [0.4, 0.5) is 11.4 Å². The second kappa shape index (κ2) is 4.59. The van der Waals surface area contributed by atoms with E-state index in [9.17, 15) is 4.79 Å². The third-order valence-corrected chi connectivity index (χ3v) is 3.62. The van der Waals surface area contributed by atoms with Crippen molar-refractivity contribution in [3.05, 3.63) is 45.6 Å². The smallest absolute Gasteiger partial charge is 0.265 e. The number of carbonyl (C=O) groups is 1. The number of anilines is 2. The Morgan fingerprint density at radius 3 is 2.71 bits per heavy atom. The van der Waals surface area contributed by atoms with E-state index in [-0.39, 0.29) is 5.91 Å². The summed E-state index contributed by atoms with van der Waals surface area (Å²) in [6.45, 7) is 3.95. The minimum Gasteiger partial charge on any atom is -0.397 e. The summed E-state index contributed by atoms with van der Waals surface area (Å²) in [7, 11) is 0. The van der Waals surface area contributed by atoms with Crippen LogP contribution in [0.5, 0.6) is 0 Å². The Kier molecular flexibility index (Phi) is 3.15. The SMILES string of the molecule is Cc1ccc(N)c(NC(=O)c2cccs2)c1C. The van der Waals surface area contributed by atoms with Gasteiger partial charge in [0.1, 0.15) is 0 Å². The van der Waals surface area contributed by atoms with E-state index in [1.807, 2.05) is 37.4 Å². The monoisotopic (exact) mass is 246 g/mol. The fourth-order valence-corrected chi connectivity index (χ4v) is 2.20. The molecule has 0 saturated carbocycles. The standard InChI is InChI=1S/C13H14N2OS/c1-8-5-6-10(14)12(9(8)2)15-13(16)11-4-3-7-17-11/h3-7H,14H2,1-2H3,(H,15,16). The van der Waals surface area contributed by atoms with Crippen molar-refractivity contribution in [1.29, 1.82) is 0 Å². The molecule has 0 fully saturated rings. The summed E-state index contributed by atoms with van der Waals surface area (Å²) >= 11 is 1.41. The molecule has 0 aliphatic carbocycles. The Labute approximate surface area is 104 Å². The lowest BCUT2D eigenvalue weighted by Gasteiger charge is -2.12. The van der Waals surface area contributed by atoms with E-state index in [0.29, 0.717) is 16.3 Å². The van der Waals surface area contributed by atoms with Crippen molar-refractivity contribution in [1.82, 2.24) is 0 Å². The van der Waals surface area contributed by atoms with Crippen molar-refractivity contribution in [2.45, 2.75) is 13.8 Å². The quantitative estimate of drug-likeness (QED) is 0.799. The highest BCUT2D eigenvalue weighted by atomic mass is 32.1. The van der Waals surface area contributed by atoms with E-state index in [0.717, 1.165) is 11.1 Å². The number of nitrogens with two attached hydrogens (primary N) is 1. The molecule has 4 heteroatoms. The molecule has 88 valence electrons. The van der Waals surface area contributed by atoms with Gasteiger partial charge in [0, 0.05) is 0 Å². The molecule has 1 aromatic heterocycles. The maximum Gasteiger partial charge on any atom is 0.265 e. The molecule has 0 unspecified atom stereocenters. The van der Waals surface area contributed by atoms with Gasteiger partial charge in [0.2, 0.25) is 0 Å². The van der Waals surface area contributed by atoms with Gasteiger partial charge in [-0.25, -0.2) is 0 Å². The molecule has 0 saturated heterocycles. The Balaban J connectivity index is 2.31. The average Bonchev–Trinajstić information content (AvgIpc) is 2.83. The van der Waals surface area contributed by atoms with Gasteiger partial charge in [-0.05, 0) is 42.5 Å². The molecule has 0 aliphatic heterocycles. The Bertz CT molecular complexity index is 547. The molecule has 0 radical (unpaired) electrons. The van der Waals surface area contributed by atoms with Crippen LogP contribution in [-0.2, 0) is 0 Å². The molecule has 3 nitrogen and oxygen atoms in total. The van der Waals surface area contributed by atoms with Crippen LogP contribution in [0.2, 0.25) is 0 Å². The second-order valence-corrected chi connectivity index (χ2v) is 4.85. The normalized spacial score (nSPS) is 10.2. The van der Waals surface area contributed by atoms with Crippen LogP contribution in [0, 0.1) is 13.8 Å². The molecule has 0 spiro atoms. The van der Waals surface area contributed by atoms with Crippen molar-refractivity contribution >= 4 is 28.6 Å². The fraction of sp³-hybridized carbons (Fsp3) is 0.154. The Morgan fingerprint density at radius 2 is 2.06 bits per heavy atom. The Hall–Kier alpha value is -1.81. The van der Waals surface area contributed by atoms with E-state index in [4.69, 9.17) is 5.73 Å². The van der Waals surface area contributed by atoms with Crippen molar-refractivity contribution in [2.75, 3.05) is 11.1 Å². The fourth-order valence-electron chi connectivity index (χ4n) is 1.59. The summed E-state index contributed by atoms with van der Waals surface area (Å²) in [5.74, 6) is -0.111. The van der Waals surface area contributed by atoms with Crippen molar-refractivity contribution in [3.63, 3.8) is 0 Å². The zero-order valence-corrected chi connectivity index (χ0v) is 10.6. The van der Waals surface area contributed by atoms with Gasteiger partial charge in [-0.1, -0.05) is 12.1 Å². The van der Waals surface area contributed by atoms with E-state index in [1.165, 1.54) is 11.3 Å². The highest BCUT2D eigenvalue weighted by Gasteiger charge is 2.11. The molecule has 1 amide bonds. The average molecular weight is 246 g/mol. The lowest BCUT2D eigenvalue weighted by Crippen LogP contribution is -2.13. The number of amides is 1. The molecule has 0 aliphatic rings. The molecule has 3 N–H and O–H groups in total. The number of aryl methyl sites for hydroxylation is 1. The van der Waals surface area contributed by atoms with E-state index < -0.39 is 0 Å². The first kappa shape index (κ1) is 11.7. The van der Waals surface area contributed by atoms with Gasteiger partial charge in [-0.15, -0.1) is 11.3 Å². The number of carbonyl (C=O) groups excluding carboxylic acids is 1. The minimum atomic E-state index is -0.111. The molecule has 0 atom stereocenters. The number of nitrogen functional groups attached to an aromatic ring is 1. The number of benzene rings is 1. The molecule has 0 bridgehead atoms. The summed E-state index contributed by atoms with van der Waals surface area (Å²) in [5.41, 5.74) is 9.31. The van der Waals surface area contributed by atoms with Crippen LogP contribution >= 0.6 is 11.3 Å². The molecule has 17 heavy (non-hydrogen) atoms. The number of thiophene rings is 1. The first-order chi connectivity index (χ1) is 8.09. The van der Waals surface area contributed by atoms with Gasteiger partial charge in [-0.3, -0.25) is 4.79 Å². The maximum atomic E-state index is 11.9. The predicted octanol–water partition coefficient (Wildman–Crippen LogP) is 3.20. The summed E-state index contributed by atoms with van der Waals surface area (Å²) < 4.78 is 0. The molecule has 2 rings (SSSR count). The second-order valence-electron chi connectivity index (χ2n) is 3.90. The summed E-state index contributed by atoms with van der Waals surface area (Å²) in [6, 6.07) is 7.41. The van der Waals surface area contributed by atoms with Gasteiger partial charge in [0.05, 0.1) is 16.3 Å². The number of nitrogens with one attached hydrogen (secondary N) is 1. The largest absolute Gasteiger partial charge is 0.397 e. The minimum absolute atomic E-state index is 0.111. The molecular formula is C13H14N2OS. The third-order valence-electron chi connectivity index (χ3n) is 2.75. The first-order valence-electron chi connectivity index (χ1n) is 5.30. The van der Waals surface area contributed by atoms with Crippen molar-refractivity contribution < 1.29 is 4.79 Å². The highest BCUT2D eigenvalue weighted by molar-refractivity contribution is 7.12. The summed E-state index contributed by atoms with van der Waals surface area (Å²) in [5, 5.41) is 4.74. The van der Waals surface area contributed by atoms with Gasteiger partial charge in [-0.2, -0.15) is 0 Å². The predicted molar refractivity (Wildman–Crippen MR) is 72.6 cm³/mol. The van der Waals surface area contributed by atoms with Gasteiger partial charge < -0.3 is 11.1 Å². The summed E-state index contributed by atoms with van der Waals surface area (Å²) in [6.07, 6.45) is 0. The van der Waals surface area contributed by atoms with Crippen LogP contribution in [0.25, 0.3) is 0 Å². The van der Waals surface area contributed by atoms with E-state index in [1.54, 1.807) is 6.07 Å². The summed E-state index contributed by atoms with van der Waals surface area (Å²) in [4.78, 5) is 12.6. The molecule has 1 heterocycles. The van der Waals surface area contributed by atoms with Crippen LogP contribution in [0.3, 0.4) is 0 Å². The van der Waals surface area contributed by atoms with E-state index in [2.05, 4.69) is 5.32 Å². The van der Waals surface area contributed by atoms with Gasteiger partial charge >= 0.3 is 0 Å². The zero-order valence-electron chi connectivity index (χ0n) is 9.78. The van der Waals surface area contributed by atoms with Gasteiger partial charge in [0.15, 0.2) is 0 Å². The van der Waals surface area contributed by atoms with Crippen LogP contribution in [0.1, 0.15) is 20.8 Å². The third kappa shape index (κ3) is 2.31. The first-order valence-corrected chi connectivity index (χ1v) is 6.18. The molecule has 2 aromatic rings. The lowest BCUT2D eigenvalue weighted by molar-refractivity contribution is 0.103. The van der Waals surface area contributed by atoms with Crippen molar-refractivity contribution in [2.24, 2.45) is 0 Å². The zero-order chi connectivity index (χ0) is 12.4. The highest BCUT2D eigenvalue weighted by Crippen LogP contribution is 2.26. The molecule has 1 aromatic carbocycles. The van der Waals surface area contributed by atoms with Crippen LogP contribution in [-0.4, -0.2) is 5.91 Å². The Morgan fingerprint density at radius 1 is 1.29 bits per heavy atom. The number of rotatable bonds is 2. The van der Waals surface area contributed by atoms with Gasteiger partial charge in [0.25, 0.3) is 5.91 Å². The van der Waals surface area contributed by atoms with Crippen molar-refractivity contribution in [3.8, 4) is 0 Å². The van der Waals surface area contributed by atoms with E-state index >= 15 is 0 Å². The number of hydrogen-bond acceptors (Lipinski definition) is 3. The topological polar surface area (TPSA) is 55.1 Å². The molecular weight excluding hydrogens is 232 g/mol. The maximum absolute atomic E-state index is 11.9. The van der Waals surface area contributed by atoms with Crippen LogP contribution < -0.4 is 11.1 Å². The lowest BCUT2D eigenvalue weighted by atomic mass is 10.1. The van der Waals surface area contributed by atoms with Crippen LogP contribution in [0.15, 0.2) is 29.6 Å².